The number of ether oxygens (including phenoxy) is 1. The van der Waals surface area contributed by atoms with Crippen molar-refractivity contribution in [1.82, 2.24) is 4.90 Å². The van der Waals surface area contributed by atoms with Crippen molar-refractivity contribution >= 4 is 17.7 Å². The molecule has 1 atom stereocenters. The van der Waals surface area contributed by atoms with Gasteiger partial charge in [0.15, 0.2) is 0 Å². The van der Waals surface area contributed by atoms with Gasteiger partial charge >= 0.3 is 6.09 Å². The van der Waals surface area contributed by atoms with Gasteiger partial charge in [0.25, 0.3) is 0 Å². The normalized spacial score (nSPS) is 19.2. The second kappa shape index (κ2) is 6.04. The molecule has 1 fully saturated rings. The molecule has 0 unspecified atom stereocenters. The molecule has 0 aromatic heterocycles. The van der Waals surface area contributed by atoms with Crippen LogP contribution in [0.1, 0.15) is 39.2 Å². The van der Waals surface area contributed by atoms with E-state index in [1.165, 1.54) is 0 Å². The number of nitrogens with zero attached hydrogens (tertiary/aromatic N) is 1. The van der Waals surface area contributed by atoms with Crippen molar-refractivity contribution < 1.29 is 9.53 Å². The smallest absolute Gasteiger partial charge is 0.410 e. The van der Waals surface area contributed by atoms with E-state index >= 15 is 0 Å². The zero-order valence-electron chi connectivity index (χ0n) is 12.4. The molecule has 1 aromatic carbocycles. The third kappa shape index (κ3) is 4.14. The Kier molecular flexibility index (Phi) is 4.59. The number of halogens is 1. The Labute approximate surface area is 125 Å². The summed E-state index contributed by atoms with van der Waals surface area (Å²) in [5.74, 6) is 0. The van der Waals surface area contributed by atoms with E-state index in [2.05, 4.69) is 6.07 Å². The second-order valence-corrected chi connectivity index (χ2v) is 6.74. The van der Waals surface area contributed by atoms with Crippen molar-refractivity contribution in [3.8, 4) is 0 Å². The van der Waals surface area contributed by atoms with Crippen LogP contribution in [-0.4, -0.2) is 29.2 Å². The molecule has 0 spiro atoms. The molecule has 1 heterocycles. The lowest BCUT2D eigenvalue weighted by Gasteiger charge is -2.28. The summed E-state index contributed by atoms with van der Waals surface area (Å²) < 4.78 is 5.47. The molecule has 0 aliphatic carbocycles. The Morgan fingerprint density at radius 3 is 2.85 bits per heavy atom. The molecule has 1 aliphatic heterocycles. The van der Waals surface area contributed by atoms with E-state index in [1.807, 2.05) is 43.9 Å². The lowest BCUT2D eigenvalue weighted by molar-refractivity contribution is 0.0227. The molecule has 2 rings (SSSR count). The first-order valence-electron chi connectivity index (χ1n) is 7.09. The van der Waals surface area contributed by atoms with Crippen LogP contribution in [0, 0.1) is 0 Å². The fourth-order valence-electron chi connectivity index (χ4n) is 2.54. The van der Waals surface area contributed by atoms with Crippen molar-refractivity contribution in [2.75, 3.05) is 6.54 Å². The highest BCUT2D eigenvalue weighted by Crippen LogP contribution is 2.24. The van der Waals surface area contributed by atoms with Crippen LogP contribution in [0.2, 0.25) is 5.02 Å². The van der Waals surface area contributed by atoms with Gasteiger partial charge in [0.05, 0.1) is 0 Å². The summed E-state index contributed by atoms with van der Waals surface area (Å²) in [6.45, 7) is 6.47. The van der Waals surface area contributed by atoms with Crippen molar-refractivity contribution in [1.29, 1.82) is 0 Å². The van der Waals surface area contributed by atoms with Crippen LogP contribution in [-0.2, 0) is 11.2 Å². The summed E-state index contributed by atoms with van der Waals surface area (Å²) in [4.78, 5) is 14.1. The minimum atomic E-state index is -0.444. The standard InChI is InChI=1S/C16H22ClNO2/c1-16(2,3)20-15(19)18-9-5-8-14(18)11-12-6-4-7-13(17)10-12/h4,6-7,10,14H,5,8-9,11H2,1-3H3/t14-/m0/s1. The number of likely N-dealkylation sites (tertiary alicyclic amines) is 1. The molecule has 0 bridgehead atoms. The average Bonchev–Trinajstić information content (AvgIpc) is 2.75. The maximum Gasteiger partial charge on any atom is 0.410 e. The zero-order chi connectivity index (χ0) is 14.8. The molecule has 0 saturated carbocycles. The summed E-state index contributed by atoms with van der Waals surface area (Å²) in [6, 6.07) is 8.05. The molecule has 1 aliphatic rings. The van der Waals surface area contributed by atoms with E-state index in [0.29, 0.717) is 0 Å². The van der Waals surface area contributed by atoms with E-state index in [-0.39, 0.29) is 12.1 Å². The van der Waals surface area contributed by atoms with Crippen molar-refractivity contribution in [3.05, 3.63) is 34.9 Å². The first-order valence-corrected chi connectivity index (χ1v) is 7.47. The first kappa shape index (κ1) is 15.2. The fraction of sp³-hybridized carbons (Fsp3) is 0.562. The molecule has 20 heavy (non-hydrogen) atoms. The quantitative estimate of drug-likeness (QED) is 0.815. The summed E-state index contributed by atoms with van der Waals surface area (Å²) in [6.07, 6.45) is 2.68. The maximum absolute atomic E-state index is 12.2. The molecule has 1 saturated heterocycles. The molecule has 3 nitrogen and oxygen atoms in total. The SMILES string of the molecule is CC(C)(C)OC(=O)N1CCC[C@H]1Cc1cccc(Cl)c1. The van der Waals surface area contributed by atoms with Gasteiger partial charge in [-0.1, -0.05) is 23.7 Å². The van der Waals surface area contributed by atoms with E-state index in [4.69, 9.17) is 16.3 Å². The molecule has 110 valence electrons. The number of hydrogen-bond acceptors (Lipinski definition) is 2. The lowest BCUT2D eigenvalue weighted by Crippen LogP contribution is -2.40. The molecular weight excluding hydrogens is 274 g/mol. The first-order chi connectivity index (χ1) is 9.35. The van der Waals surface area contributed by atoms with E-state index in [9.17, 15) is 4.79 Å². The zero-order valence-corrected chi connectivity index (χ0v) is 13.1. The van der Waals surface area contributed by atoms with Crippen molar-refractivity contribution in [2.24, 2.45) is 0 Å². The predicted molar refractivity (Wildman–Crippen MR) is 81.1 cm³/mol. The van der Waals surface area contributed by atoms with Gasteiger partial charge in [-0.25, -0.2) is 4.79 Å². The minimum Gasteiger partial charge on any atom is -0.444 e. The van der Waals surface area contributed by atoms with Gasteiger partial charge in [0.1, 0.15) is 5.60 Å². The fourth-order valence-corrected chi connectivity index (χ4v) is 2.76. The van der Waals surface area contributed by atoms with E-state index in [1.54, 1.807) is 0 Å². The average molecular weight is 296 g/mol. The molecule has 0 N–H and O–H groups in total. The summed E-state index contributed by atoms with van der Waals surface area (Å²) >= 11 is 6.01. The summed E-state index contributed by atoms with van der Waals surface area (Å²) in [5, 5.41) is 0.740. The van der Waals surface area contributed by atoms with Gasteiger partial charge in [-0.2, -0.15) is 0 Å². The molecular formula is C16H22ClNO2. The number of hydrogen-bond donors (Lipinski definition) is 0. The van der Waals surface area contributed by atoms with E-state index in [0.717, 1.165) is 36.4 Å². The maximum atomic E-state index is 12.2. The van der Waals surface area contributed by atoms with Crippen LogP contribution >= 0.6 is 11.6 Å². The highest BCUT2D eigenvalue weighted by atomic mass is 35.5. The number of carbonyl (C=O) groups is 1. The monoisotopic (exact) mass is 295 g/mol. The predicted octanol–water partition coefficient (Wildman–Crippen LogP) is 4.28. The number of amides is 1. The van der Waals surface area contributed by atoms with Crippen LogP contribution in [0.25, 0.3) is 0 Å². The van der Waals surface area contributed by atoms with Crippen LogP contribution in [0.5, 0.6) is 0 Å². The Bertz CT molecular complexity index is 482. The highest BCUT2D eigenvalue weighted by molar-refractivity contribution is 6.30. The topological polar surface area (TPSA) is 29.5 Å². The number of carbonyl (C=O) groups excluding carboxylic acids is 1. The molecule has 4 heteroatoms. The van der Waals surface area contributed by atoms with Crippen LogP contribution in [0.15, 0.2) is 24.3 Å². The van der Waals surface area contributed by atoms with Crippen LogP contribution in [0.4, 0.5) is 4.79 Å². The largest absolute Gasteiger partial charge is 0.444 e. The minimum absolute atomic E-state index is 0.206. The van der Waals surface area contributed by atoms with Gasteiger partial charge in [-0.15, -0.1) is 0 Å². The lowest BCUT2D eigenvalue weighted by atomic mass is 10.0. The highest BCUT2D eigenvalue weighted by Gasteiger charge is 2.32. The van der Waals surface area contributed by atoms with E-state index < -0.39 is 5.60 Å². The molecule has 1 amide bonds. The Morgan fingerprint density at radius 2 is 2.20 bits per heavy atom. The van der Waals surface area contributed by atoms with Gasteiger partial charge in [0.2, 0.25) is 0 Å². The summed E-state index contributed by atoms with van der Waals surface area (Å²) in [5.41, 5.74) is 0.721. The van der Waals surface area contributed by atoms with Gasteiger partial charge in [-0.05, 0) is 57.7 Å². The molecule has 0 radical (unpaired) electrons. The van der Waals surface area contributed by atoms with Gasteiger partial charge in [0, 0.05) is 17.6 Å². The number of benzene rings is 1. The second-order valence-electron chi connectivity index (χ2n) is 6.30. The Balaban J connectivity index is 2.02. The molecule has 1 aromatic rings. The van der Waals surface area contributed by atoms with Crippen LogP contribution in [0.3, 0.4) is 0 Å². The van der Waals surface area contributed by atoms with Crippen LogP contribution < -0.4 is 0 Å². The Hall–Kier alpha value is -1.22. The van der Waals surface area contributed by atoms with Gasteiger partial charge in [-0.3, -0.25) is 0 Å². The third-order valence-corrected chi connectivity index (χ3v) is 3.60. The third-order valence-electron chi connectivity index (χ3n) is 3.37. The van der Waals surface area contributed by atoms with Crippen molar-refractivity contribution in [3.63, 3.8) is 0 Å². The number of rotatable bonds is 2. The Morgan fingerprint density at radius 1 is 1.45 bits per heavy atom. The van der Waals surface area contributed by atoms with Gasteiger partial charge < -0.3 is 9.64 Å². The van der Waals surface area contributed by atoms with Crippen molar-refractivity contribution in [2.45, 2.75) is 51.7 Å². The summed E-state index contributed by atoms with van der Waals surface area (Å²) in [7, 11) is 0.